The molecule has 0 atom stereocenters. The lowest BCUT2D eigenvalue weighted by Gasteiger charge is -2.06. The fourth-order valence-electron chi connectivity index (χ4n) is 2.34. The number of aryl methyl sites for hydroxylation is 3. The van der Waals surface area contributed by atoms with Crippen LogP contribution in [0.1, 0.15) is 16.7 Å². The Balaban J connectivity index is 2.09. The fourth-order valence-corrected chi connectivity index (χ4v) is 2.34. The van der Waals surface area contributed by atoms with Crippen LogP contribution >= 0.6 is 0 Å². The lowest BCUT2D eigenvalue weighted by atomic mass is 10.00. The lowest BCUT2D eigenvalue weighted by Crippen LogP contribution is -1.90. The van der Waals surface area contributed by atoms with Crippen LogP contribution in [0.5, 0.6) is 0 Å². The molecule has 0 fully saturated rings. The van der Waals surface area contributed by atoms with Gasteiger partial charge in [-0.05, 0) is 44.0 Å². The van der Waals surface area contributed by atoms with E-state index in [9.17, 15) is 0 Å². The summed E-state index contributed by atoms with van der Waals surface area (Å²) in [5, 5.41) is 8.15. The van der Waals surface area contributed by atoms with E-state index < -0.39 is 0 Å². The van der Waals surface area contributed by atoms with Crippen molar-refractivity contribution in [2.45, 2.75) is 20.8 Å². The largest absolute Gasteiger partial charge is 0.459 e. The molecular weight excluding hydrogens is 240 g/mol. The molecule has 3 aromatic rings. The van der Waals surface area contributed by atoms with Gasteiger partial charge in [0, 0.05) is 5.56 Å². The van der Waals surface area contributed by atoms with Crippen molar-refractivity contribution in [3.05, 3.63) is 47.2 Å². The van der Waals surface area contributed by atoms with E-state index in [0.29, 0.717) is 17.5 Å². The van der Waals surface area contributed by atoms with E-state index in [1.54, 1.807) is 18.4 Å². The van der Waals surface area contributed by atoms with Crippen molar-refractivity contribution in [2.75, 3.05) is 0 Å². The normalized spacial score (nSPS) is 10.9. The fraction of sp³-hybridized carbons (Fsp3) is 0.200. The van der Waals surface area contributed by atoms with Crippen LogP contribution in [0.3, 0.4) is 0 Å². The van der Waals surface area contributed by atoms with Crippen LogP contribution in [0.25, 0.3) is 23.1 Å². The quantitative estimate of drug-likeness (QED) is 0.695. The van der Waals surface area contributed by atoms with Gasteiger partial charge in [0.2, 0.25) is 5.89 Å². The Labute approximate surface area is 111 Å². The summed E-state index contributed by atoms with van der Waals surface area (Å²) in [6, 6.07) is 7.81. The van der Waals surface area contributed by atoms with Gasteiger partial charge in [-0.3, -0.25) is 0 Å². The number of rotatable bonds is 2. The molecule has 19 heavy (non-hydrogen) atoms. The molecule has 4 heteroatoms. The molecule has 0 spiro atoms. The highest BCUT2D eigenvalue weighted by molar-refractivity contribution is 5.64. The van der Waals surface area contributed by atoms with Gasteiger partial charge in [-0.2, -0.15) is 0 Å². The summed E-state index contributed by atoms with van der Waals surface area (Å²) in [6.45, 7) is 6.17. The SMILES string of the molecule is Cc1cc(C)c(-c2nnc(-c3ccco3)o2)c(C)c1. The van der Waals surface area contributed by atoms with Crippen LogP contribution in [0, 0.1) is 20.8 Å². The van der Waals surface area contributed by atoms with E-state index in [4.69, 9.17) is 8.83 Å². The molecule has 0 radical (unpaired) electrons. The zero-order valence-electron chi connectivity index (χ0n) is 11.1. The minimum atomic E-state index is 0.402. The molecule has 0 aliphatic carbocycles. The third-order valence-electron chi connectivity index (χ3n) is 3.05. The van der Waals surface area contributed by atoms with Crippen LogP contribution in [0.15, 0.2) is 39.4 Å². The maximum Gasteiger partial charge on any atom is 0.283 e. The highest BCUT2D eigenvalue weighted by Gasteiger charge is 2.16. The van der Waals surface area contributed by atoms with Crippen LogP contribution < -0.4 is 0 Å². The molecule has 0 aliphatic heterocycles. The van der Waals surface area contributed by atoms with Gasteiger partial charge in [-0.1, -0.05) is 17.7 Å². The molecule has 0 amide bonds. The molecule has 3 rings (SSSR count). The number of hydrogen-bond acceptors (Lipinski definition) is 4. The van der Waals surface area contributed by atoms with E-state index in [-0.39, 0.29) is 0 Å². The molecule has 0 aliphatic rings. The topological polar surface area (TPSA) is 52.1 Å². The van der Waals surface area contributed by atoms with Crippen molar-refractivity contribution in [3.63, 3.8) is 0 Å². The molecular formula is C15H14N2O2. The monoisotopic (exact) mass is 254 g/mol. The van der Waals surface area contributed by atoms with Gasteiger partial charge in [-0.15, -0.1) is 10.2 Å². The minimum Gasteiger partial charge on any atom is -0.459 e. The predicted molar refractivity (Wildman–Crippen MR) is 71.6 cm³/mol. The number of benzene rings is 1. The number of nitrogens with zero attached hydrogens (tertiary/aromatic N) is 2. The second-order valence-electron chi connectivity index (χ2n) is 4.66. The Morgan fingerprint density at radius 2 is 1.63 bits per heavy atom. The van der Waals surface area contributed by atoms with Crippen molar-refractivity contribution in [3.8, 4) is 23.1 Å². The maximum absolute atomic E-state index is 5.70. The standard InChI is InChI=1S/C15H14N2O2/c1-9-7-10(2)13(11(3)8-9)15-17-16-14(19-15)12-5-4-6-18-12/h4-8H,1-3H3. The van der Waals surface area contributed by atoms with E-state index in [1.807, 2.05) is 13.8 Å². The molecule has 2 aromatic heterocycles. The van der Waals surface area contributed by atoms with E-state index in [1.165, 1.54) is 5.56 Å². The predicted octanol–water partition coefficient (Wildman–Crippen LogP) is 3.92. The van der Waals surface area contributed by atoms with E-state index in [0.717, 1.165) is 16.7 Å². The van der Waals surface area contributed by atoms with Gasteiger partial charge < -0.3 is 8.83 Å². The van der Waals surface area contributed by atoms with Crippen molar-refractivity contribution < 1.29 is 8.83 Å². The summed E-state index contributed by atoms with van der Waals surface area (Å²) in [5.74, 6) is 1.52. The molecule has 0 N–H and O–H groups in total. The average Bonchev–Trinajstić information content (AvgIpc) is 2.97. The summed E-state index contributed by atoms with van der Waals surface area (Å²) in [4.78, 5) is 0. The van der Waals surface area contributed by atoms with Crippen LogP contribution in [0.4, 0.5) is 0 Å². The lowest BCUT2D eigenvalue weighted by molar-refractivity contribution is 0.523. The molecule has 0 saturated carbocycles. The van der Waals surface area contributed by atoms with E-state index in [2.05, 4.69) is 29.3 Å². The third-order valence-corrected chi connectivity index (χ3v) is 3.05. The van der Waals surface area contributed by atoms with Crippen LogP contribution in [-0.2, 0) is 0 Å². The highest BCUT2D eigenvalue weighted by atomic mass is 16.4. The first-order valence-corrected chi connectivity index (χ1v) is 6.11. The maximum atomic E-state index is 5.70. The second kappa shape index (κ2) is 4.39. The van der Waals surface area contributed by atoms with Crippen molar-refractivity contribution in [1.82, 2.24) is 10.2 Å². The first kappa shape index (κ1) is 11.7. The zero-order valence-corrected chi connectivity index (χ0v) is 11.1. The van der Waals surface area contributed by atoms with Crippen LogP contribution in [0.2, 0.25) is 0 Å². The van der Waals surface area contributed by atoms with Gasteiger partial charge in [0.05, 0.1) is 6.26 Å². The Hall–Kier alpha value is -2.36. The molecule has 0 unspecified atom stereocenters. The van der Waals surface area contributed by atoms with Gasteiger partial charge >= 0.3 is 0 Å². The Kier molecular flexibility index (Phi) is 2.71. The van der Waals surface area contributed by atoms with Gasteiger partial charge in [-0.25, -0.2) is 0 Å². The minimum absolute atomic E-state index is 0.402. The Bertz CT molecular complexity index is 689. The summed E-state index contributed by atoms with van der Waals surface area (Å²) in [7, 11) is 0. The van der Waals surface area contributed by atoms with Crippen molar-refractivity contribution in [1.29, 1.82) is 0 Å². The molecule has 4 nitrogen and oxygen atoms in total. The molecule has 0 saturated heterocycles. The molecule has 1 aromatic carbocycles. The summed E-state index contributed by atoms with van der Waals surface area (Å²) in [5.41, 5.74) is 4.49. The number of aromatic nitrogens is 2. The first-order valence-electron chi connectivity index (χ1n) is 6.11. The Morgan fingerprint density at radius 1 is 0.947 bits per heavy atom. The van der Waals surface area contributed by atoms with Gasteiger partial charge in [0.15, 0.2) is 5.76 Å². The average molecular weight is 254 g/mol. The molecule has 96 valence electrons. The van der Waals surface area contributed by atoms with Gasteiger partial charge in [0.25, 0.3) is 5.89 Å². The molecule has 2 heterocycles. The highest BCUT2D eigenvalue weighted by Crippen LogP contribution is 2.29. The van der Waals surface area contributed by atoms with Crippen molar-refractivity contribution in [2.24, 2.45) is 0 Å². The zero-order chi connectivity index (χ0) is 13.4. The smallest absolute Gasteiger partial charge is 0.283 e. The number of furan rings is 1. The van der Waals surface area contributed by atoms with Crippen molar-refractivity contribution >= 4 is 0 Å². The molecule has 0 bridgehead atoms. The Morgan fingerprint density at radius 3 is 2.26 bits per heavy atom. The third kappa shape index (κ3) is 2.05. The number of hydrogen-bond donors (Lipinski definition) is 0. The summed E-state index contributed by atoms with van der Waals surface area (Å²) < 4.78 is 11.0. The van der Waals surface area contributed by atoms with Gasteiger partial charge in [0.1, 0.15) is 0 Å². The second-order valence-corrected chi connectivity index (χ2v) is 4.66. The van der Waals surface area contributed by atoms with Crippen LogP contribution in [-0.4, -0.2) is 10.2 Å². The summed E-state index contributed by atoms with van der Waals surface area (Å²) in [6.07, 6.45) is 1.58. The van der Waals surface area contributed by atoms with E-state index >= 15 is 0 Å². The first-order chi connectivity index (χ1) is 9.15. The summed E-state index contributed by atoms with van der Waals surface area (Å²) >= 11 is 0.